The Kier molecular flexibility index (Phi) is 3.49. The van der Waals surface area contributed by atoms with Gasteiger partial charge in [0.1, 0.15) is 5.82 Å². The van der Waals surface area contributed by atoms with E-state index in [1.807, 2.05) is 6.92 Å². The second-order valence-corrected chi connectivity index (χ2v) is 6.31. The third-order valence-corrected chi connectivity index (χ3v) is 4.60. The molecule has 1 aliphatic rings. The fourth-order valence-corrected chi connectivity index (χ4v) is 3.31. The second-order valence-electron chi connectivity index (χ2n) is 5.87. The van der Waals surface area contributed by atoms with Gasteiger partial charge in [0.25, 0.3) is 5.91 Å². The first-order valence-electron chi connectivity index (χ1n) is 7.63. The van der Waals surface area contributed by atoms with Gasteiger partial charge in [0.2, 0.25) is 0 Å². The number of aromatic nitrogens is 3. The van der Waals surface area contributed by atoms with Crippen molar-refractivity contribution < 1.29 is 9.18 Å². The van der Waals surface area contributed by atoms with E-state index in [2.05, 4.69) is 10.1 Å². The van der Waals surface area contributed by atoms with E-state index in [-0.39, 0.29) is 17.8 Å². The Morgan fingerprint density at radius 1 is 1.38 bits per heavy atom. The van der Waals surface area contributed by atoms with Gasteiger partial charge in [-0.25, -0.2) is 13.9 Å². The fourth-order valence-electron chi connectivity index (χ4n) is 3.17. The molecule has 1 amide bonds. The lowest BCUT2D eigenvalue weighted by atomic mass is 9.93. The summed E-state index contributed by atoms with van der Waals surface area (Å²) in [5, 5.41) is 4.71. The van der Waals surface area contributed by atoms with E-state index in [1.54, 1.807) is 23.2 Å². The maximum Gasteiger partial charge on any atom is 0.274 e. The molecule has 0 saturated carbocycles. The average molecular weight is 345 g/mol. The summed E-state index contributed by atoms with van der Waals surface area (Å²) in [7, 11) is 0. The number of rotatable bonds is 1. The van der Waals surface area contributed by atoms with Gasteiger partial charge in [0.15, 0.2) is 11.3 Å². The number of carbonyl (C=O) groups excluding carboxylic acids is 1. The summed E-state index contributed by atoms with van der Waals surface area (Å²) in [6.45, 7) is 2.47. The molecule has 0 radical (unpaired) electrons. The van der Waals surface area contributed by atoms with Gasteiger partial charge in [-0.3, -0.25) is 4.79 Å². The first kappa shape index (κ1) is 15.1. The predicted molar refractivity (Wildman–Crippen MR) is 87.6 cm³/mol. The molecule has 1 atom stereocenters. The normalized spacial score (nSPS) is 17.1. The third kappa shape index (κ3) is 2.43. The Hall–Kier alpha value is -2.47. The van der Waals surface area contributed by atoms with Gasteiger partial charge in [-0.1, -0.05) is 17.7 Å². The molecule has 122 valence electrons. The van der Waals surface area contributed by atoms with Crippen molar-refractivity contribution >= 4 is 23.2 Å². The molecule has 1 aromatic carbocycles. The second kappa shape index (κ2) is 5.56. The number of amides is 1. The van der Waals surface area contributed by atoms with Gasteiger partial charge in [-0.2, -0.15) is 5.10 Å². The predicted octanol–water partition coefficient (Wildman–Crippen LogP) is 3.28. The van der Waals surface area contributed by atoms with E-state index in [0.29, 0.717) is 29.3 Å². The standard InChI is InChI=1S/C17H14ClFN4O/c1-10-14-6-13(19)3-2-11(14)4-5-22(10)17(24)15-7-16-20-8-12(18)9-23(16)21-15/h2-3,6-10H,4-5H2,1H3. The van der Waals surface area contributed by atoms with Crippen molar-refractivity contribution in [1.82, 2.24) is 19.5 Å². The molecule has 4 rings (SSSR count). The molecule has 1 aliphatic heterocycles. The van der Waals surface area contributed by atoms with Gasteiger partial charge >= 0.3 is 0 Å². The van der Waals surface area contributed by atoms with E-state index in [0.717, 1.165) is 11.1 Å². The van der Waals surface area contributed by atoms with Gasteiger partial charge in [-0.05, 0) is 36.6 Å². The number of halogens is 2. The van der Waals surface area contributed by atoms with Crippen LogP contribution in [0.15, 0.2) is 36.7 Å². The highest BCUT2D eigenvalue weighted by molar-refractivity contribution is 6.30. The van der Waals surface area contributed by atoms with Crippen molar-refractivity contribution in [1.29, 1.82) is 0 Å². The van der Waals surface area contributed by atoms with E-state index in [9.17, 15) is 9.18 Å². The maximum atomic E-state index is 13.6. The Morgan fingerprint density at radius 3 is 3.04 bits per heavy atom. The van der Waals surface area contributed by atoms with Crippen molar-refractivity contribution in [2.24, 2.45) is 0 Å². The van der Waals surface area contributed by atoms with E-state index < -0.39 is 0 Å². The Labute approximate surface area is 142 Å². The minimum absolute atomic E-state index is 0.195. The lowest BCUT2D eigenvalue weighted by molar-refractivity contribution is 0.0671. The molecule has 0 spiro atoms. The highest BCUT2D eigenvalue weighted by Gasteiger charge is 2.30. The molecular weight excluding hydrogens is 331 g/mol. The van der Waals surface area contributed by atoms with E-state index in [4.69, 9.17) is 11.6 Å². The highest BCUT2D eigenvalue weighted by Crippen LogP contribution is 2.31. The molecule has 0 bridgehead atoms. The van der Waals surface area contributed by atoms with Crippen molar-refractivity contribution in [2.45, 2.75) is 19.4 Å². The largest absolute Gasteiger partial charge is 0.330 e. The molecule has 0 N–H and O–H groups in total. The zero-order valence-electron chi connectivity index (χ0n) is 12.9. The molecule has 3 aromatic rings. The lowest BCUT2D eigenvalue weighted by Gasteiger charge is -2.34. The summed E-state index contributed by atoms with van der Waals surface area (Å²) < 4.78 is 15.0. The molecular formula is C17H14ClFN4O. The smallest absolute Gasteiger partial charge is 0.274 e. The van der Waals surface area contributed by atoms with Gasteiger partial charge in [-0.15, -0.1) is 0 Å². The summed E-state index contributed by atoms with van der Waals surface area (Å²) >= 11 is 5.90. The van der Waals surface area contributed by atoms with Crippen LogP contribution in [0, 0.1) is 5.82 Å². The van der Waals surface area contributed by atoms with Gasteiger partial charge in [0.05, 0.1) is 17.3 Å². The molecule has 0 saturated heterocycles. The quantitative estimate of drug-likeness (QED) is 0.680. The molecule has 2 aromatic heterocycles. The molecule has 0 fully saturated rings. The fraction of sp³-hybridized carbons (Fsp3) is 0.235. The zero-order chi connectivity index (χ0) is 16.8. The van der Waals surface area contributed by atoms with Crippen LogP contribution in [-0.4, -0.2) is 31.9 Å². The Bertz CT molecular complexity index is 955. The van der Waals surface area contributed by atoms with Crippen LogP contribution in [0.2, 0.25) is 5.02 Å². The van der Waals surface area contributed by atoms with Crippen LogP contribution in [0.1, 0.15) is 34.6 Å². The summed E-state index contributed by atoms with van der Waals surface area (Å²) in [6.07, 6.45) is 3.81. The third-order valence-electron chi connectivity index (χ3n) is 4.41. The van der Waals surface area contributed by atoms with Crippen LogP contribution in [-0.2, 0) is 6.42 Å². The number of fused-ring (bicyclic) bond motifs is 2. The number of benzene rings is 1. The van der Waals surface area contributed by atoms with Crippen LogP contribution in [0.4, 0.5) is 4.39 Å². The minimum Gasteiger partial charge on any atom is -0.330 e. The van der Waals surface area contributed by atoms with Crippen LogP contribution < -0.4 is 0 Å². The minimum atomic E-state index is -0.290. The van der Waals surface area contributed by atoms with Crippen LogP contribution in [0.5, 0.6) is 0 Å². The average Bonchev–Trinajstić information content (AvgIpc) is 2.98. The summed E-state index contributed by atoms with van der Waals surface area (Å²) in [6, 6.07) is 6.18. The number of carbonyl (C=O) groups is 1. The van der Waals surface area contributed by atoms with Crippen molar-refractivity contribution in [3.8, 4) is 0 Å². The van der Waals surface area contributed by atoms with Crippen LogP contribution in [0.3, 0.4) is 0 Å². The first-order valence-corrected chi connectivity index (χ1v) is 8.01. The van der Waals surface area contributed by atoms with Gasteiger partial charge in [0, 0.05) is 18.8 Å². The monoisotopic (exact) mass is 344 g/mol. The maximum absolute atomic E-state index is 13.6. The Morgan fingerprint density at radius 2 is 2.21 bits per heavy atom. The topological polar surface area (TPSA) is 50.5 Å². The Balaban J connectivity index is 1.68. The molecule has 24 heavy (non-hydrogen) atoms. The SMILES string of the molecule is CC1c2cc(F)ccc2CCN1C(=O)c1cc2ncc(Cl)cn2n1. The summed E-state index contributed by atoms with van der Waals surface area (Å²) in [5.41, 5.74) is 2.78. The van der Waals surface area contributed by atoms with Crippen molar-refractivity contribution in [2.75, 3.05) is 6.54 Å². The van der Waals surface area contributed by atoms with Gasteiger partial charge < -0.3 is 4.90 Å². The van der Waals surface area contributed by atoms with Crippen LogP contribution >= 0.6 is 11.6 Å². The molecule has 5 nitrogen and oxygen atoms in total. The first-order chi connectivity index (χ1) is 11.5. The van der Waals surface area contributed by atoms with Crippen molar-refractivity contribution in [3.05, 3.63) is 64.3 Å². The van der Waals surface area contributed by atoms with E-state index in [1.165, 1.54) is 22.8 Å². The lowest BCUT2D eigenvalue weighted by Crippen LogP contribution is -2.39. The molecule has 7 heteroatoms. The van der Waals surface area contributed by atoms with E-state index >= 15 is 0 Å². The summed E-state index contributed by atoms with van der Waals surface area (Å²) in [4.78, 5) is 18.7. The molecule has 0 aliphatic carbocycles. The molecule has 1 unspecified atom stereocenters. The molecule has 3 heterocycles. The zero-order valence-corrected chi connectivity index (χ0v) is 13.7. The number of nitrogens with zero attached hydrogens (tertiary/aromatic N) is 4. The number of hydrogen-bond acceptors (Lipinski definition) is 3. The van der Waals surface area contributed by atoms with Crippen LogP contribution in [0.25, 0.3) is 5.65 Å². The number of hydrogen-bond donors (Lipinski definition) is 0. The summed E-state index contributed by atoms with van der Waals surface area (Å²) in [5.74, 6) is -0.486. The highest BCUT2D eigenvalue weighted by atomic mass is 35.5. The van der Waals surface area contributed by atoms with Crippen molar-refractivity contribution in [3.63, 3.8) is 0 Å².